The van der Waals surface area contributed by atoms with Crippen molar-refractivity contribution in [1.29, 1.82) is 0 Å². The topological polar surface area (TPSA) is 38.8 Å². The number of carbonyl (C=O) groups is 1. The molecule has 1 aromatic carbocycles. The zero-order chi connectivity index (χ0) is 16.6. The fourth-order valence-electron chi connectivity index (χ4n) is 4.03. The summed E-state index contributed by atoms with van der Waals surface area (Å²) in [5.41, 5.74) is 3.22. The van der Waals surface area contributed by atoms with Crippen LogP contribution in [0.1, 0.15) is 48.5 Å². The number of amides is 1. The second-order valence-electron chi connectivity index (χ2n) is 7.22. The molecule has 3 aliphatic heterocycles. The second kappa shape index (κ2) is 6.25. The number of likely N-dealkylation sites (tertiary alicyclic amines) is 1. The Balaban J connectivity index is 1.46. The first kappa shape index (κ1) is 15.7. The van der Waals surface area contributed by atoms with E-state index in [-0.39, 0.29) is 11.5 Å². The molecular weight excluding hydrogens is 302 g/mol. The lowest BCUT2D eigenvalue weighted by Gasteiger charge is -2.42. The minimum Gasteiger partial charge on any atom is -0.493 e. The first-order valence-corrected chi connectivity index (χ1v) is 9.03. The lowest BCUT2D eigenvalue weighted by atomic mass is 9.86. The number of nitrogens with zero attached hydrogens (tertiary/aromatic N) is 1. The van der Waals surface area contributed by atoms with Gasteiger partial charge in [0.1, 0.15) is 5.75 Å². The normalized spacial score (nSPS) is 22.5. The summed E-state index contributed by atoms with van der Waals surface area (Å²) in [4.78, 5) is 14.8. The number of hydrogen-bond acceptors (Lipinski definition) is 3. The summed E-state index contributed by atoms with van der Waals surface area (Å²) in [6, 6.07) is 5.86. The van der Waals surface area contributed by atoms with Gasteiger partial charge in [-0.2, -0.15) is 0 Å². The van der Waals surface area contributed by atoms with Gasteiger partial charge in [-0.1, -0.05) is 11.6 Å². The lowest BCUT2D eigenvalue weighted by Crippen LogP contribution is -2.48. The first-order chi connectivity index (χ1) is 11.7. The predicted octanol–water partition coefficient (Wildman–Crippen LogP) is 3.35. The van der Waals surface area contributed by atoms with Crippen molar-refractivity contribution in [2.45, 2.75) is 44.6 Å². The summed E-state index contributed by atoms with van der Waals surface area (Å²) >= 11 is 0. The highest BCUT2D eigenvalue weighted by Gasteiger charge is 2.36. The molecule has 4 rings (SSSR count). The van der Waals surface area contributed by atoms with Crippen LogP contribution in [-0.2, 0) is 11.2 Å². The molecule has 4 nitrogen and oxygen atoms in total. The standard InChI is InChI=1S/C20H25NO3/c1-15-6-12-24-20(14-15)7-9-21(10-8-20)19(22)17-4-5-18-16(13-17)3-2-11-23-18/h4-5,13-14H,2-3,6-12H2,1H3. The van der Waals surface area contributed by atoms with Crippen molar-refractivity contribution in [1.82, 2.24) is 4.90 Å². The fraction of sp³-hybridized carbons (Fsp3) is 0.550. The Labute approximate surface area is 143 Å². The Hall–Kier alpha value is -1.81. The molecular formula is C20H25NO3. The minimum absolute atomic E-state index is 0.134. The number of ether oxygens (including phenoxy) is 2. The van der Waals surface area contributed by atoms with E-state index in [0.717, 1.165) is 75.3 Å². The molecule has 0 saturated carbocycles. The van der Waals surface area contributed by atoms with Crippen molar-refractivity contribution in [3.8, 4) is 5.75 Å². The zero-order valence-corrected chi connectivity index (χ0v) is 14.3. The van der Waals surface area contributed by atoms with E-state index < -0.39 is 0 Å². The number of hydrogen-bond donors (Lipinski definition) is 0. The van der Waals surface area contributed by atoms with E-state index in [4.69, 9.17) is 9.47 Å². The molecule has 0 aliphatic carbocycles. The van der Waals surface area contributed by atoms with Crippen LogP contribution in [0.2, 0.25) is 0 Å². The maximum Gasteiger partial charge on any atom is 0.253 e. The summed E-state index contributed by atoms with van der Waals surface area (Å²) in [7, 11) is 0. The molecule has 1 spiro atoms. The molecule has 0 unspecified atom stereocenters. The summed E-state index contributed by atoms with van der Waals surface area (Å²) in [5.74, 6) is 1.07. The van der Waals surface area contributed by atoms with E-state index in [9.17, 15) is 4.79 Å². The van der Waals surface area contributed by atoms with E-state index in [1.54, 1.807) is 0 Å². The van der Waals surface area contributed by atoms with Gasteiger partial charge in [-0.15, -0.1) is 0 Å². The van der Waals surface area contributed by atoms with Crippen molar-refractivity contribution in [2.24, 2.45) is 0 Å². The van der Waals surface area contributed by atoms with Crippen molar-refractivity contribution < 1.29 is 14.3 Å². The van der Waals surface area contributed by atoms with Crippen LogP contribution in [-0.4, -0.2) is 42.7 Å². The summed E-state index contributed by atoms with van der Waals surface area (Å²) < 4.78 is 11.7. The Morgan fingerprint density at radius 1 is 1.17 bits per heavy atom. The predicted molar refractivity (Wildman–Crippen MR) is 92.5 cm³/mol. The van der Waals surface area contributed by atoms with E-state index in [1.807, 2.05) is 23.1 Å². The van der Waals surface area contributed by atoms with Gasteiger partial charge in [0.2, 0.25) is 0 Å². The van der Waals surface area contributed by atoms with E-state index in [0.29, 0.717) is 0 Å². The number of rotatable bonds is 1. The van der Waals surface area contributed by atoms with Crippen LogP contribution in [0.4, 0.5) is 0 Å². The molecule has 0 radical (unpaired) electrons. The number of piperidine rings is 1. The number of benzene rings is 1. The molecule has 1 fully saturated rings. The molecule has 3 aliphatic rings. The molecule has 0 bridgehead atoms. The molecule has 1 amide bonds. The van der Waals surface area contributed by atoms with Gasteiger partial charge in [0, 0.05) is 18.7 Å². The average Bonchev–Trinajstić information content (AvgIpc) is 2.61. The summed E-state index contributed by atoms with van der Waals surface area (Å²) in [6.07, 6.45) is 7.13. The summed E-state index contributed by atoms with van der Waals surface area (Å²) in [6.45, 7) is 5.28. The molecule has 1 saturated heterocycles. The molecule has 24 heavy (non-hydrogen) atoms. The summed E-state index contributed by atoms with van der Waals surface area (Å²) in [5, 5.41) is 0. The number of fused-ring (bicyclic) bond motifs is 1. The zero-order valence-electron chi connectivity index (χ0n) is 14.3. The van der Waals surface area contributed by atoms with Gasteiger partial charge in [0.25, 0.3) is 5.91 Å². The number of carbonyl (C=O) groups excluding carboxylic acids is 1. The maximum absolute atomic E-state index is 12.8. The van der Waals surface area contributed by atoms with Gasteiger partial charge in [-0.25, -0.2) is 0 Å². The van der Waals surface area contributed by atoms with E-state index >= 15 is 0 Å². The molecule has 3 heterocycles. The molecule has 128 valence electrons. The first-order valence-electron chi connectivity index (χ1n) is 9.03. The smallest absolute Gasteiger partial charge is 0.253 e. The Kier molecular flexibility index (Phi) is 4.09. The lowest BCUT2D eigenvalue weighted by molar-refractivity contribution is -0.0522. The van der Waals surface area contributed by atoms with Gasteiger partial charge in [0.15, 0.2) is 0 Å². The fourth-order valence-corrected chi connectivity index (χ4v) is 4.03. The van der Waals surface area contributed by atoms with E-state index in [2.05, 4.69) is 13.0 Å². The average molecular weight is 327 g/mol. The van der Waals surface area contributed by atoms with Crippen LogP contribution in [0.25, 0.3) is 0 Å². The van der Waals surface area contributed by atoms with Gasteiger partial charge < -0.3 is 14.4 Å². The molecule has 1 aromatic rings. The highest BCUT2D eigenvalue weighted by atomic mass is 16.5. The third kappa shape index (κ3) is 2.95. The monoisotopic (exact) mass is 327 g/mol. The van der Waals surface area contributed by atoms with E-state index in [1.165, 1.54) is 5.57 Å². The van der Waals surface area contributed by atoms with Gasteiger partial charge in [-0.3, -0.25) is 4.79 Å². The van der Waals surface area contributed by atoms with Gasteiger partial charge in [-0.05, 0) is 62.8 Å². The van der Waals surface area contributed by atoms with Crippen LogP contribution in [0.5, 0.6) is 5.75 Å². The van der Waals surface area contributed by atoms with Crippen molar-refractivity contribution >= 4 is 5.91 Å². The Morgan fingerprint density at radius 3 is 2.79 bits per heavy atom. The number of aryl methyl sites for hydroxylation is 1. The van der Waals surface area contributed by atoms with Crippen LogP contribution >= 0.6 is 0 Å². The van der Waals surface area contributed by atoms with Crippen molar-refractivity contribution in [2.75, 3.05) is 26.3 Å². The molecule has 4 heteroatoms. The third-order valence-electron chi connectivity index (χ3n) is 5.45. The molecule has 0 atom stereocenters. The van der Waals surface area contributed by atoms with Crippen LogP contribution in [0, 0.1) is 0 Å². The second-order valence-corrected chi connectivity index (χ2v) is 7.22. The van der Waals surface area contributed by atoms with Gasteiger partial charge in [0.05, 0.1) is 18.8 Å². The van der Waals surface area contributed by atoms with Crippen LogP contribution in [0.15, 0.2) is 29.8 Å². The third-order valence-corrected chi connectivity index (χ3v) is 5.45. The minimum atomic E-state index is -0.136. The Morgan fingerprint density at radius 2 is 2.00 bits per heavy atom. The largest absolute Gasteiger partial charge is 0.493 e. The highest BCUT2D eigenvalue weighted by Crippen LogP contribution is 2.34. The van der Waals surface area contributed by atoms with Crippen LogP contribution < -0.4 is 4.74 Å². The van der Waals surface area contributed by atoms with Crippen LogP contribution in [0.3, 0.4) is 0 Å². The quantitative estimate of drug-likeness (QED) is 0.743. The highest BCUT2D eigenvalue weighted by molar-refractivity contribution is 5.94. The Bertz CT molecular complexity index is 671. The SMILES string of the molecule is CC1=CC2(CCN(C(=O)c3ccc4c(c3)CCCO4)CC2)OCC1. The molecule has 0 aromatic heterocycles. The maximum atomic E-state index is 12.8. The molecule has 0 N–H and O–H groups in total. The van der Waals surface area contributed by atoms with Crippen molar-refractivity contribution in [3.05, 3.63) is 41.0 Å². The van der Waals surface area contributed by atoms with Gasteiger partial charge >= 0.3 is 0 Å². The van der Waals surface area contributed by atoms with Crippen molar-refractivity contribution in [3.63, 3.8) is 0 Å².